The zero-order valence-electron chi connectivity index (χ0n) is 18.9. The van der Waals surface area contributed by atoms with Crippen molar-refractivity contribution >= 4 is 33.4 Å². The van der Waals surface area contributed by atoms with E-state index in [-0.39, 0.29) is 17.9 Å². The van der Waals surface area contributed by atoms with Crippen molar-refractivity contribution in [2.45, 2.75) is 64.7 Å². The van der Waals surface area contributed by atoms with E-state index in [1.54, 1.807) is 28.6 Å². The molecule has 1 N–H and O–H groups in total. The third-order valence-corrected chi connectivity index (χ3v) is 8.48. The number of rotatable bonds is 4. The second kappa shape index (κ2) is 8.03. The average molecular weight is 451 g/mol. The molecule has 0 spiro atoms. The van der Waals surface area contributed by atoms with E-state index in [2.05, 4.69) is 24.1 Å². The third kappa shape index (κ3) is 3.43. The van der Waals surface area contributed by atoms with Crippen LogP contribution >= 0.6 is 11.3 Å². The van der Waals surface area contributed by atoms with Crippen molar-refractivity contribution < 1.29 is 9.59 Å². The van der Waals surface area contributed by atoms with Crippen molar-refractivity contribution in [3.8, 4) is 0 Å². The van der Waals surface area contributed by atoms with Gasteiger partial charge < -0.3 is 14.8 Å². The number of nitrogens with one attached hydrogen (secondary N) is 1. The highest BCUT2D eigenvalue weighted by Gasteiger charge is 2.48. The third-order valence-electron chi connectivity index (χ3n) is 7.62. The Bertz CT molecular complexity index is 1150. The Morgan fingerprint density at radius 3 is 2.94 bits per heavy atom. The number of hydrogen-bond donors (Lipinski definition) is 1. The number of nitrogens with zero attached hydrogens (tertiary/aromatic N) is 3. The number of carbonyl (C=O) groups is 2. The Kier molecular flexibility index (Phi) is 5.32. The van der Waals surface area contributed by atoms with E-state index in [1.807, 2.05) is 41.1 Å². The highest BCUT2D eigenvalue weighted by Crippen LogP contribution is 2.36. The van der Waals surface area contributed by atoms with E-state index in [9.17, 15) is 9.59 Å². The lowest BCUT2D eigenvalue weighted by Crippen LogP contribution is -2.65. The molecule has 4 atom stereocenters. The predicted octanol–water partition coefficient (Wildman–Crippen LogP) is 4.45. The van der Waals surface area contributed by atoms with Crippen molar-refractivity contribution in [2.24, 2.45) is 11.8 Å². The fourth-order valence-corrected chi connectivity index (χ4v) is 6.13. The molecule has 5 rings (SSSR count). The first-order valence-electron chi connectivity index (χ1n) is 11.5. The van der Waals surface area contributed by atoms with Crippen LogP contribution in [0.15, 0.2) is 42.0 Å². The summed E-state index contributed by atoms with van der Waals surface area (Å²) in [4.78, 5) is 33.5. The van der Waals surface area contributed by atoms with Crippen molar-refractivity contribution in [1.82, 2.24) is 19.8 Å². The van der Waals surface area contributed by atoms with Crippen molar-refractivity contribution in [2.75, 3.05) is 0 Å². The largest absolute Gasteiger partial charge is 0.351 e. The number of amides is 2. The van der Waals surface area contributed by atoms with E-state index in [1.165, 1.54) is 6.42 Å². The van der Waals surface area contributed by atoms with Gasteiger partial charge in [-0.2, -0.15) is 0 Å². The Hall–Kier alpha value is -2.67. The fraction of sp³-hybridized carbons (Fsp3) is 0.480. The maximum atomic E-state index is 13.9. The second-order valence-corrected chi connectivity index (χ2v) is 10.6. The summed E-state index contributed by atoms with van der Waals surface area (Å²) in [6, 6.07) is 7.96. The lowest BCUT2D eigenvalue weighted by atomic mass is 9.77. The fourth-order valence-electron chi connectivity index (χ4n) is 5.30. The first-order valence-corrected chi connectivity index (χ1v) is 12.3. The van der Waals surface area contributed by atoms with Crippen LogP contribution in [0, 0.1) is 11.8 Å². The molecule has 6 nitrogen and oxygen atoms in total. The maximum Gasteiger partial charge on any atom is 0.271 e. The molecule has 0 saturated heterocycles. The molecule has 1 aliphatic carbocycles. The van der Waals surface area contributed by atoms with E-state index < -0.39 is 5.54 Å². The summed E-state index contributed by atoms with van der Waals surface area (Å²) < 4.78 is 3.11. The molecule has 3 aromatic rings. The van der Waals surface area contributed by atoms with E-state index in [0.29, 0.717) is 30.6 Å². The van der Waals surface area contributed by atoms with Gasteiger partial charge in [-0.05, 0) is 54.3 Å². The van der Waals surface area contributed by atoms with Gasteiger partial charge in [0.2, 0.25) is 5.91 Å². The minimum Gasteiger partial charge on any atom is -0.351 e. The van der Waals surface area contributed by atoms with Gasteiger partial charge >= 0.3 is 0 Å². The van der Waals surface area contributed by atoms with Crippen LogP contribution in [-0.2, 0) is 17.9 Å². The molecule has 2 amide bonds. The quantitative estimate of drug-likeness (QED) is 0.638. The molecule has 0 radical (unpaired) electrons. The van der Waals surface area contributed by atoms with Gasteiger partial charge in [-0.3, -0.25) is 14.6 Å². The predicted molar refractivity (Wildman–Crippen MR) is 126 cm³/mol. The molecule has 1 fully saturated rings. The molecule has 0 aromatic carbocycles. The molecule has 2 aliphatic rings. The van der Waals surface area contributed by atoms with Gasteiger partial charge in [0, 0.05) is 25.0 Å². The van der Waals surface area contributed by atoms with E-state index in [4.69, 9.17) is 0 Å². The summed E-state index contributed by atoms with van der Waals surface area (Å²) in [7, 11) is 0. The Morgan fingerprint density at radius 1 is 1.31 bits per heavy atom. The topological polar surface area (TPSA) is 67.2 Å². The number of aromatic nitrogens is 2. The summed E-state index contributed by atoms with van der Waals surface area (Å²) in [5, 5.41) is 5.39. The van der Waals surface area contributed by atoms with Gasteiger partial charge in [-0.15, -0.1) is 11.3 Å². The van der Waals surface area contributed by atoms with Gasteiger partial charge in [0.1, 0.15) is 11.2 Å². The van der Waals surface area contributed by atoms with Crippen LogP contribution in [0.3, 0.4) is 0 Å². The van der Waals surface area contributed by atoms with Crippen molar-refractivity contribution in [3.05, 3.63) is 53.3 Å². The Labute approximate surface area is 192 Å². The molecule has 1 aliphatic heterocycles. The van der Waals surface area contributed by atoms with Crippen LogP contribution in [0.5, 0.6) is 0 Å². The molecule has 0 unspecified atom stereocenters. The van der Waals surface area contributed by atoms with E-state index in [0.717, 1.165) is 28.6 Å². The minimum absolute atomic E-state index is 0.0663. The van der Waals surface area contributed by atoms with Crippen molar-refractivity contribution in [1.29, 1.82) is 0 Å². The molecular weight excluding hydrogens is 420 g/mol. The van der Waals surface area contributed by atoms with Crippen LogP contribution < -0.4 is 5.32 Å². The summed E-state index contributed by atoms with van der Waals surface area (Å²) in [6.45, 7) is 7.20. The molecule has 0 bridgehead atoms. The molecule has 32 heavy (non-hydrogen) atoms. The molecule has 7 heteroatoms. The molecule has 3 aromatic heterocycles. The Balaban J connectivity index is 1.52. The SMILES string of the molecule is C[C@H]1[C@H](C)CCC[C@@H]1NC(=O)[C@]1(C)Cn2c(cc3sccc32)C(=O)N1Cc1cccnc1. The van der Waals surface area contributed by atoms with Crippen LogP contribution in [-0.4, -0.2) is 37.8 Å². The number of carbonyl (C=O) groups excluding carboxylic acids is 2. The first-order chi connectivity index (χ1) is 15.4. The molecule has 1 saturated carbocycles. The van der Waals surface area contributed by atoms with Crippen LogP contribution in [0.2, 0.25) is 0 Å². The molecular formula is C25H30N4O2S. The minimum atomic E-state index is -0.992. The average Bonchev–Trinajstić information content (AvgIpc) is 3.37. The van der Waals surface area contributed by atoms with Gasteiger partial charge in [-0.1, -0.05) is 32.8 Å². The zero-order chi connectivity index (χ0) is 22.5. The smallest absolute Gasteiger partial charge is 0.271 e. The summed E-state index contributed by atoms with van der Waals surface area (Å²) in [6.07, 6.45) is 6.82. The number of fused-ring (bicyclic) bond motifs is 3. The second-order valence-electron chi connectivity index (χ2n) is 9.66. The van der Waals surface area contributed by atoms with Crippen LogP contribution in [0.25, 0.3) is 10.2 Å². The van der Waals surface area contributed by atoms with Gasteiger partial charge in [0.25, 0.3) is 5.91 Å². The monoisotopic (exact) mass is 450 g/mol. The Morgan fingerprint density at radius 2 is 2.16 bits per heavy atom. The van der Waals surface area contributed by atoms with Crippen molar-refractivity contribution in [3.63, 3.8) is 0 Å². The molecule has 168 valence electrons. The number of pyridine rings is 1. The first kappa shape index (κ1) is 21.2. The van der Waals surface area contributed by atoms with Crippen LogP contribution in [0.1, 0.15) is 56.1 Å². The van der Waals surface area contributed by atoms with Gasteiger partial charge in [0.05, 0.1) is 16.8 Å². The van der Waals surface area contributed by atoms with Crippen LogP contribution in [0.4, 0.5) is 0 Å². The zero-order valence-corrected chi connectivity index (χ0v) is 19.7. The standard InChI is InChI=1S/C25H30N4O2S/c1-16-6-4-8-19(17(16)2)27-24(31)25(3)15-28-20-9-11-32-22(20)12-21(28)23(30)29(25)14-18-7-5-10-26-13-18/h5,7,9-13,16-17,19H,4,6,8,14-15H2,1-3H3,(H,27,31)/t16-,17+,19+,25+/m1/s1. The summed E-state index contributed by atoms with van der Waals surface area (Å²) >= 11 is 1.62. The highest BCUT2D eigenvalue weighted by molar-refractivity contribution is 7.17. The molecule has 4 heterocycles. The number of hydrogen-bond acceptors (Lipinski definition) is 4. The highest BCUT2D eigenvalue weighted by atomic mass is 32.1. The normalized spacial score (nSPS) is 28.0. The summed E-state index contributed by atoms with van der Waals surface area (Å²) in [5.41, 5.74) is 1.61. The lowest BCUT2D eigenvalue weighted by Gasteiger charge is -2.45. The van der Waals surface area contributed by atoms with Gasteiger partial charge in [0.15, 0.2) is 0 Å². The number of thiophene rings is 1. The lowest BCUT2D eigenvalue weighted by molar-refractivity contribution is -0.134. The maximum absolute atomic E-state index is 13.9. The van der Waals surface area contributed by atoms with Gasteiger partial charge in [-0.25, -0.2) is 0 Å². The summed E-state index contributed by atoms with van der Waals surface area (Å²) in [5.74, 6) is 0.838. The van der Waals surface area contributed by atoms with E-state index >= 15 is 0 Å².